The summed E-state index contributed by atoms with van der Waals surface area (Å²) < 4.78 is 33.5. The second-order valence-electron chi connectivity index (χ2n) is 6.76. The highest BCUT2D eigenvalue weighted by atomic mass is 16.7. The third-order valence-corrected chi connectivity index (χ3v) is 5.15. The van der Waals surface area contributed by atoms with Crippen molar-refractivity contribution < 1.29 is 33.2 Å². The second-order valence-corrected chi connectivity index (χ2v) is 6.76. The molecule has 7 heteroatoms. The number of rotatable bonds is 5. The SMILES string of the molecule is COc1cc(C2C(C(C)=O)=C(C)Oc3cc4c(cc32)OCO4)cc(OC)c1OC. The van der Waals surface area contributed by atoms with Crippen molar-refractivity contribution in [3.8, 4) is 34.5 Å². The Labute approximate surface area is 168 Å². The molecule has 0 saturated heterocycles. The summed E-state index contributed by atoms with van der Waals surface area (Å²) in [5.74, 6) is 3.44. The van der Waals surface area contributed by atoms with Crippen LogP contribution in [0.15, 0.2) is 35.6 Å². The fourth-order valence-corrected chi connectivity index (χ4v) is 3.90. The van der Waals surface area contributed by atoms with Crippen LogP contribution in [0, 0.1) is 0 Å². The van der Waals surface area contributed by atoms with E-state index in [4.69, 9.17) is 28.4 Å². The van der Waals surface area contributed by atoms with E-state index < -0.39 is 0 Å². The summed E-state index contributed by atoms with van der Waals surface area (Å²) >= 11 is 0. The average molecular weight is 398 g/mol. The molecule has 0 spiro atoms. The van der Waals surface area contributed by atoms with Crippen LogP contribution in [0.5, 0.6) is 34.5 Å². The van der Waals surface area contributed by atoms with Gasteiger partial charge >= 0.3 is 0 Å². The normalized spacial score (nSPS) is 16.8. The molecule has 7 nitrogen and oxygen atoms in total. The first-order valence-corrected chi connectivity index (χ1v) is 9.11. The maximum atomic E-state index is 12.6. The molecule has 0 N–H and O–H groups in total. The number of Topliss-reactive ketones (excluding diaryl/α,β-unsaturated/α-hetero) is 1. The zero-order valence-corrected chi connectivity index (χ0v) is 17.0. The minimum atomic E-state index is -0.389. The molecule has 1 unspecified atom stereocenters. The zero-order valence-electron chi connectivity index (χ0n) is 17.0. The van der Waals surface area contributed by atoms with Crippen LogP contribution in [0.3, 0.4) is 0 Å². The van der Waals surface area contributed by atoms with Crippen molar-refractivity contribution >= 4 is 5.78 Å². The standard InChI is InChI=1S/C22H22O7/c1-11(23)20-12(2)29-15-9-17-16(27-10-28-17)8-14(15)21(20)13-6-18(24-3)22(26-5)19(7-13)25-4/h6-9,21H,10H2,1-5H3. The number of benzene rings is 2. The van der Waals surface area contributed by atoms with Crippen LogP contribution in [0.1, 0.15) is 30.9 Å². The highest BCUT2D eigenvalue weighted by Crippen LogP contribution is 2.51. The Hall–Kier alpha value is -3.35. The van der Waals surface area contributed by atoms with Crippen molar-refractivity contribution in [3.05, 3.63) is 46.7 Å². The van der Waals surface area contributed by atoms with Gasteiger partial charge < -0.3 is 28.4 Å². The number of carbonyl (C=O) groups excluding carboxylic acids is 1. The van der Waals surface area contributed by atoms with E-state index in [1.807, 2.05) is 18.2 Å². The molecule has 0 amide bonds. The lowest BCUT2D eigenvalue weighted by Crippen LogP contribution is -2.20. The molecule has 2 aromatic rings. The van der Waals surface area contributed by atoms with Gasteiger partial charge in [-0.25, -0.2) is 0 Å². The van der Waals surface area contributed by atoms with Gasteiger partial charge in [0.2, 0.25) is 12.5 Å². The molecule has 2 aliphatic rings. The van der Waals surface area contributed by atoms with Crippen molar-refractivity contribution in [2.75, 3.05) is 28.1 Å². The van der Waals surface area contributed by atoms with E-state index in [0.717, 1.165) is 11.1 Å². The number of allylic oxidation sites excluding steroid dienone is 2. The molecule has 0 radical (unpaired) electrons. The molecule has 2 aliphatic heterocycles. The highest BCUT2D eigenvalue weighted by Gasteiger charge is 2.35. The van der Waals surface area contributed by atoms with Crippen LogP contribution in [-0.2, 0) is 4.79 Å². The fourth-order valence-electron chi connectivity index (χ4n) is 3.90. The van der Waals surface area contributed by atoms with Crippen molar-refractivity contribution in [1.82, 2.24) is 0 Å². The number of hydrogen-bond donors (Lipinski definition) is 0. The summed E-state index contributed by atoms with van der Waals surface area (Å²) in [5.41, 5.74) is 2.18. The number of hydrogen-bond acceptors (Lipinski definition) is 7. The predicted octanol–water partition coefficient (Wildman–Crippen LogP) is 3.83. The Morgan fingerprint density at radius 1 is 0.931 bits per heavy atom. The van der Waals surface area contributed by atoms with Gasteiger partial charge in [-0.1, -0.05) is 0 Å². The summed E-state index contributed by atoms with van der Waals surface area (Å²) in [7, 11) is 4.67. The van der Waals surface area contributed by atoms with Gasteiger partial charge in [0.15, 0.2) is 28.8 Å². The second kappa shape index (κ2) is 7.24. The minimum absolute atomic E-state index is 0.0791. The summed E-state index contributed by atoms with van der Waals surface area (Å²) in [5, 5.41) is 0. The minimum Gasteiger partial charge on any atom is -0.493 e. The molecule has 0 saturated carbocycles. The van der Waals surface area contributed by atoms with E-state index in [9.17, 15) is 4.79 Å². The van der Waals surface area contributed by atoms with Crippen LogP contribution in [0.2, 0.25) is 0 Å². The first kappa shape index (κ1) is 19.0. The number of fused-ring (bicyclic) bond motifs is 2. The molecule has 2 heterocycles. The van der Waals surface area contributed by atoms with E-state index in [1.54, 1.807) is 34.3 Å². The summed E-state index contributed by atoms with van der Waals surface area (Å²) in [6.07, 6.45) is 0. The molecular weight excluding hydrogens is 376 g/mol. The quantitative estimate of drug-likeness (QED) is 0.758. The van der Waals surface area contributed by atoms with E-state index in [2.05, 4.69) is 0 Å². The van der Waals surface area contributed by atoms with Crippen molar-refractivity contribution in [1.29, 1.82) is 0 Å². The molecule has 2 aromatic carbocycles. The van der Waals surface area contributed by atoms with Gasteiger partial charge in [0.25, 0.3) is 0 Å². The highest BCUT2D eigenvalue weighted by molar-refractivity contribution is 5.97. The smallest absolute Gasteiger partial charge is 0.231 e. The van der Waals surface area contributed by atoms with Gasteiger partial charge in [-0.2, -0.15) is 0 Å². The van der Waals surface area contributed by atoms with Crippen LogP contribution < -0.4 is 28.4 Å². The summed E-state index contributed by atoms with van der Waals surface area (Å²) in [4.78, 5) is 12.6. The fraction of sp³-hybridized carbons (Fsp3) is 0.318. The molecule has 0 fully saturated rings. The van der Waals surface area contributed by atoms with Gasteiger partial charge in [-0.3, -0.25) is 4.79 Å². The van der Waals surface area contributed by atoms with E-state index in [1.165, 1.54) is 6.92 Å². The molecule has 0 aliphatic carbocycles. The van der Waals surface area contributed by atoms with Gasteiger partial charge in [-0.05, 0) is 37.6 Å². The first-order chi connectivity index (χ1) is 14.0. The Morgan fingerprint density at radius 2 is 1.55 bits per heavy atom. The van der Waals surface area contributed by atoms with Crippen molar-refractivity contribution in [2.24, 2.45) is 0 Å². The maximum Gasteiger partial charge on any atom is 0.231 e. The maximum absolute atomic E-state index is 12.6. The monoisotopic (exact) mass is 398 g/mol. The van der Waals surface area contributed by atoms with E-state index in [0.29, 0.717) is 45.8 Å². The lowest BCUT2D eigenvalue weighted by Gasteiger charge is -2.30. The third-order valence-electron chi connectivity index (χ3n) is 5.15. The average Bonchev–Trinajstić information content (AvgIpc) is 3.17. The Morgan fingerprint density at radius 3 is 2.10 bits per heavy atom. The number of ketones is 1. The molecule has 152 valence electrons. The van der Waals surface area contributed by atoms with Crippen LogP contribution in [-0.4, -0.2) is 33.9 Å². The molecule has 0 bridgehead atoms. The van der Waals surface area contributed by atoms with Crippen LogP contribution in [0.4, 0.5) is 0 Å². The summed E-state index contributed by atoms with van der Waals surface area (Å²) in [6.45, 7) is 3.47. The molecule has 4 rings (SSSR count). The van der Waals surface area contributed by atoms with Crippen LogP contribution in [0.25, 0.3) is 0 Å². The van der Waals surface area contributed by atoms with E-state index >= 15 is 0 Å². The van der Waals surface area contributed by atoms with Crippen molar-refractivity contribution in [2.45, 2.75) is 19.8 Å². The van der Waals surface area contributed by atoms with Gasteiger partial charge in [0.1, 0.15) is 11.5 Å². The summed E-state index contributed by atoms with van der Waals surface area (Å²) in [6, 6.07) is 7.35. The number of methoxy groups -OCH3 is 3. The number of carbonyl (C=O) groups is 1. The van der Waals surface area contributed by atoms with Gasteiger partial charge in [-0.15, -0.1) is 0 Å². The third kappa shape index (κ3) is 3.03. The van der Waals surface area contributed by atoms with Crippen molar-refractivity contribution in [3.63, 3.8) is 0 Å². The van der Waals surface area contributed by atoms with Crippen LogP contribution >= 0.6 is 0 Å². The Bertz CT molecular complexity index is 997. The Kier molecular flexibility index (Phi) is 4.74. The van der Waals surface area contributed by atoms with Gasteiger partial charge in [0.05, 0.1) is 21.3 Å². The van der Waals surface area contributed by atoms with E-state index in [-0.39, 0.29) is 18.5 Å². The topological polar surface area (TPSA) is 72.5 Å². The predicted molar refractivity (Wildman–Crippen MR) is 105 cm³/mol. The largest absolute Gasteiger partial charge is 0.493 e. The molecule has 29 heavy (non-hydrogen) atoms. The molecular formula is C22H22O7. The Balaban J connectivity index is 1.97. The van der Waals surface area contributed by atoms with Gasteiger partial charge in [0, 0.05) is 23.1 Å². The lowest BCUT2D eigenvalue weighted by molar-refractivity contribution is -0.114. The lowest BCUT2D eigenvalue weighted by atomic mass is 9.80. The molecule has 1 atom stereocenters. The first-order valence-electron chi connectivity index (χ1n) is 9.11. The zero-order chi connectivity index (χ0) is 20.7. The number of ether oxygens (including phenoxy) is 6. The molecule has 0 aromatic heterocycles.